The van der Waals surface area contributed by atoms with Crippen molar-refractivity contribution in [3.63, 3.8) is 0 Å². The van der Waals surface area contributed by atoms with Crippen molar-refractivity contribution in [2.24, 2.45) is 0 Å². The molecule has 0 unspecified atom stereocenters. The Hall–Kier alpha value is -3.30. The highest BCUT2D eigenvalue weighted by atomic mass is 16.5. The number of nitrogens with zero attached hydrogens (tertiary/aromatic N) is 5. The number of aromatic amines is 1. The summed E-state index contributed by atoms with van der Waals surface area (Å²) in [6.07, 6.45) is 4.56. The monoisotopic (exact) mass is 490 g/mol. The first-order valence-corrected chi connectivity index (χ1v) is 12.7. The summed E-state index contributed by atoms with van der Waals surface area (Å²) in [5, 5.41) is 13.9. The van der Waals surface area contributed by atoms with E-state index in [-0.39, 0.29) is 17.2 Å². The van der Waals surface area contributed by atoms with Gasteiger partial charge < -0.3 is 14.1 Å². The first-order chi connectivity index (χ1) is 17.4. The number of nitrogens with one attached hydrogen (secondary N) is 1. The molecule has 1 aliphatic rings. The number of aryl methyl sites for hydroxylation is 1. The van der Waals surface area contributed by atoms with Gasteiger partial charge in [-0.3, -0.25) is 9.69 Å². The molecule has 1 aliphatic heterocycles. The van der Waals surface area contributed by atoms with Gasteiger partial charge in [-0.1, -0.05) is 19.1 Å². The van der Waals surface area contributed by atoms with Gasteiger partial charge in [-0.15, -0.1) is 5.10 Å². The number of hydrogen-bond acceptors (Lipinski definition) is 7. The maximum absolute atomic E-state index is 13.6. The Balaban J connectivity index is 1.69. The van der Waals surface area contributed by atoms with Crippen molar-refractivity contribution in [2.75, 3.05) is 13.2 Å². The van der Waals surface area contributed by atoms with Crippen LogP contribution in [-0.4, -0.2) is 49.3 Å². The zero-order chi connectivity index (χ0) is 25.3. The van der Waals surface area contributed by atoms with Gasteiger partial charge in [0.05, 0.1) is 24.5 Å². The van der Waals surface area contributed by atoms with E-state index in [1.807, 2.05) is 41.9 Å². The van der Waals surface area contributed by atoms with Crippen molar-refractivity contribution in [1.82, 2.24) is 30.1 Å². The molecular weight excluding hydrogens is 456 g/mol. The van der Waals surface area contributed by atoms with Crippen LogP contribution in [0.25, 0.3) is 10.9 Å². The summed E-state index contributed by atoms with van der Waals surface area (Å²) >= 11 is 0. The lowest BCUT2D eigenvalue weighted by Gasteiger charge is -2.34. The number of furan rings is 1. The van der Waals surface area contributed by atoms with Crippen LogP contribution in [0.3, 0.4) is 0 Å². The smallest absolute Gasteiger partial charge is 0.253 e. The molecule has 0 radical (unpaired) electrons. The Labute approximate surface area is 210 Å². The summed E-state index contributed by atoms with van der Waals surface area (Å²) in [5.41, 5.74) is 2.01. The third kappa shape index (κ3) is 4.85. The van der Waals surface area contributed by atoms with E-state index >= 15 is 0 Å². The lowest BCUT2D eigenvalue weighted by Crippen LogP contribution is -2.41. The van der Waals surface area contributed by atoms with Gasteiger partial charge in [-0.05, 0) is 85.7 Å². The Morgan fingerprint density at radius 1 is 1.28 bits per heavy atom. The van der Waals surface area contributed by atoms with E-state index in [4.69, 9.17) is 9.15 Å². The van der Waals surface area contributed by atoms with Crippen LogP contribution < -0.4 is 5.56 Å². The minimum atomic E-state index is -0.505. The molecule has 1 aromatic carbocycles. The molecule has 9 heteroatoms. The van der Waals surface area contributed by atoms with Crippen LogP contribution >= 0.6 is 0 Å². The molecule has 4 heterocycles. The molecule has 1 fully saturated rings. The number of ether oxygens (including phenoxy) is 1. The molecule has 0 bridgehead atoms. The Kier molecular flexibility index (Phi) is 6.77. The third-order valence-electron chi connectivity index (χ3n) is 7.27. The van der Waals surface area contributed by atoms with Crippen LogP contribution in [0.1, 0.15) is 68.8 Å². The summed E-state index contributed by atoms with van der Waals surface area (Å²) in [6.45, 7) is 10.2. The molecule has 5 rings (SSSR count). The summed E-state index contributed by atoms with van der Waals surface area (Å²) in [5.74, 6) is 1.43. The van der Waals surface area contributed by atoms with Crippen molar-refractivity contribution >= 4 is 10.9 Å². The van der Waals surface area contributed by atoms with Crippen molar-refractivity contribution in [2.45, 2.75) is 71.2 Å². The van der Waals surface area contributed by atoms with E-state index in [0.29, 0.717) is 24.5 Å². The zero-order valence-corrected chi connectivity index (χ0v) is 21.4. The minimum Gasteiger partial charge on any atom is -0.468 e. The second kappa shape index (κ2) is 9.99. The van der Waals surface area contributed by atoms with Gasteiger partial charge in [0.25, 0.3) is 5.56 Å². The first kappa shape index (κ1) is 24.4. The normalized spacial score (nSPS) is 17.3. The van der Waals surface area contributed by atoms with Crippen molar-refractivity contribution in [3.8, 4) is 0 Å². The highest BCUT2D eigenvalue weighted by Gasteiger charge is 2.36. The van der Waals surface area contributed by atoms with E-state index in [0.717, 1.165) is 48.1 Å². The number of benzene rings is 1. The number of fused-ring (bicyclic) bond motifs is 1. The maximum atomic E-state index is 13.6. The minimum absolute atomic E-state index is 0.0631. The first-order valence-electron chi connectivity index (χ1n) is 12.7. The van der Waals surface area contributed by atoms with Gasteiger partial charge in [-0.25, -0.2) is 4.68 Å². The quantitative estimate of drug-likeness (QED) is 0.372. The molecule has 0 aliphatic carbocycles. The van der Waals surface area contributed by atoms with Crippen molar-refractivity contribution in [3.05, 3.63) is 75.7 Å². The molecule has 4 aromatic rings. The standard InChI is InChI=1S/C27H34N6O3/c1-5-27(3,4)33-25(29-30-31-33)24(22-15-19-11-10-18(2)14-23(19)28-26(22)34)32(16-20-8-6-12-35-20)17-21-9-7-13-36-21/h6,8,10-12,14-15,21,24H,5,7,9,13,16-17H2,1-4H3,(H,28,34)/t21-,24+/m0/s1. The average molecular weight is 491 g/mol. The summed E-state index contributed by atoms with van der Waals surface area (Å²) < 4.78 is 13.6. The van der Waals surface area contributed by atoms with Crippen LogP contribution in [-0.2, 0) is 16.8 Å². The average Bonchev–Trinajstić information content (AvgIpc) is 3.63. The second-order valence-corrected chi connectivity index (χ2v) is 10.3. The van der Waals surface area contributed by atoms with Crippen LogP contribution in [0.2, 0.25) is 0 Å². The van der Waals surface area contributed by atoms with E-state index < -0.39 is 6.04 Å². The highest BCUT2D eigenvalue weighted by molar-refractivity contribution is 5.79. The fraction of sp³-hybridized carbons (Fsp3) is 0.481. The molecule has 0 saturated carbocycles. The van der Waals surface area contributed by atoms with E-state index in [1.54, 1.807) is 6.26 Å². The van der Waals surface area contributed by atoms with Gasteiger partial charge in [0.15, 0.2) is 5.82 Å². The van der Waals surface area contributed by atoms with Gasteiger partial charge >= 0.3 is 0 Å². The number of H-pyrrole nitrogens is 1. The molecule has 3 aromatic heterocycles. The molecular formula is C27H34N6O3. The predicted octanol–water partition coefficient (Wildman–Crippen LogP) is 4.33. The van der Waals surface area contributed by atoms with Crippen LogP contribution in [0.4, 0.5) is 0 Å². The SMILES string of the molecule is CCC(C)(C)n1nnnc1[C@@H](c1cc2ccc(C)cc2[nH]c1=O)N(Cc1ccco1)C[C@@H]1CCCO1. The summed E-state index contributed by atoms with van der Waals surface area (Å²) in [7, 11) is 0. The number of aromatic nitrogens is 5. The Bertz CT molecular complexity index is 1370. The van der Waals surface area contributed by atoms with Gasteiger partial charge in [0.2, 0.25) is 0 Å². The Morgan fingerprint density at radius 2 is 2.14 bits per heavy atom. The molecule has 1 N–H and O–H groups in total. The molecule has 1 saturated heterocycles. The Morgan fingerprint density at radius 3 is 2.86 bits per heavy atom. The van der Waals surface area contributed by atoms with Crippen LogP contribution in [0, 0.1) is 6.92 Å². The topological polar surface area (TPSA) is 102 Å². The molecule has 0 spiro atoms. The number of tetrazole rings is 1. The highest BCUT2D eigenvalue weighted by Crippen LogP contribution is 2.33. The fourth-order valence-corrected chi connectivity index (χ4v) is 4.89. The lowest BCUT2D eigenvalue weighted by atomic mass is 9.98. The van der Waals surface area contributed by atoms with E-state index in [1.165, 1.54) is 0 Å². The summed E-state index contributed by atoms with van der Waals surface area (Å²) in [4.78, 5) is 19.0. The lowest BCUT2D eigenvalue weighted by molar-refractivity contribution is 0.0534. The van der Waals surface area contributed by atoms with E-state index in [2.05, 4.69) is 52.2 Å². The third-order valence-corrected chi connectivity index (χ3v) is 7.27. The van der Waals surface area contributed by atoms with Crippen molar-refractivity contribution in [1.29, 1.82) is 0 Å². The van der Waals surface area contributed by atoms with Gasteiger partial charge in [0, 0.05) is 24.2 Å². The van der Waals surface area contributed by atoms with Crippen LogP contribution in [0.5, 0.6) is 0 Å². The van der Waals surface area contributed by atoms with E-state index in [9.17, 15) is 4.79 Å². The van der Waals surface area contributed by atoms with Gasteiger partial charge in [-0.2, -0.15) is 0 Å². The zero-order valence-electron chi connectivity index (χ0n) is 21.4. The molecule has 9 nitrogen and oxygen atoms in total. The molecule has 0 amide bonds. The second-order valence-electron chi connectivity index (χ2n) is 10.3. The van der Waals surface area contributed by atoms with Gasteiger partial charge in [0.1, 0.15) is 11.8 Å². The maximum Gasteiger partial charge on any atom is 0.253 e. The van der Waals surface area contributed by atoms with Crippen molar-refractivity contribution < 1.29 is 9.15 Å². The predicted molar refractivity (Wildman–Crippen MR) is 137 cm³/mol. The molecule has 36 heavy (non-hydrogen) atoms. The summed E-state index contributed by atoms with van der Waals surface area (Å²) in [6, 6.07) is 11.4. The van der Waals surface area contributed by atoms with Crippen LogP contribution in [0.15, 0.2) is 51.9 Å². The number of pyridine rings is 1. The fourth-order valence-electron chi connectivity index (χ4n) is 4.89. The number of rotatable bonds is 9. The number of hydrogen-bond donors (Lipinski definition) is 1. The molecule has 2 atom stereocenters. The molecule has 190 valence electrons. The largest absolute Gasteiger partial charge is 0.468 e.